The highest BCUT2D eigenvalue weighted by atomic mass is 35.5. The third-order valence-corrected chi connectivity index (χ3v) is 4.23. The molecule has 0 aliphatic heterocycles. The summed E-state index contributed by atoms with van der Waals surface area (Å²) in [6.45, 7) is 6.14. The average Bonchev–Trinajstić information content (AvgIpc) is 2.80. The van der Waals surface area contributed by atoms with Crippen molar-refractivity contribution in [1.29, 1.82) is 0 Å². The first-order valence-electron chi connectivity index (χ1n) is 7.76. The lowest BCUT2D eigenvalue weighted by Gasteiger charge is -2.09. The molecular weight excluding hydrogens is 317 g/mol. The highest BCUT2D eigenvalue weighted by Crippen LogP contribution is 2.25. The molecule has 3 nitrogen and oxygen atoms in total. The summed E-state index contributed by atoms with van der Waals surface area (Å²) in [5.41, 5.74) is 4.93. The molecule has 0 amide bonds. The van der Waals surface area contributed by atoms with Crippen molar-refractivity contribution in [3.05, 3.63) is 50.8 Å². The van der Waals surface area contributed by atoms with Crippen LogP contribution in [0.25, 0.3) is 0 Å². The van der Waals surface area contributed by atoms with Crippen LogP contribution >= 0.6 is 23.2 Å². The standard InChI is InChI=1S/C17H23Cl2N3/c1-4-16-15(10-12-8-13(18)11-14(19)9-12)17(5-2)22(21-16)7-6-20-3/h8-9,11,20H,4-7,10H2,1-3H3. The topological polar surface area (TPSA) is 29.9 Å². The van der Waals surface area contributed by atoms with Crippen molar-refractivity contribution < 1.29 is 0 Å². The van der Waals surface area contributed by atoms with Crippen LogP contribution in [0.3, 0.4) is 0 Å². The summed E-state index contributed by atoms with van der Waals surface area (Å²) in [6, 6.07) is 5.74. The molecule has 0 aliphatic rings. The number of nitrogens with zero attached hydrogens (tertiary/aromatic N) is 2. The Kier molecular flexibility index (Phi) is 6.30. The van der Waals surface area contributed by atoms with E-state index in [1.807, 2.05) is 19.2 Å². The van der Waals surface area contributed by atoms with Gasteiger partial charge in [-0.3, -0.25) is 4.68 Å². The third kappa shape index (κ3) is 4.03. The van der Waals surface area contributed by atoms with Gasteiger partial charge >= 0.3 is 0 Å². The van der Waals surface area contributed by atoms with Crippen LogP contribution in [0, 0.1) is 0 Å². The quantitative estimate of drug-likeness (QED) is 0.821. The molecule has 0 spiro atoms. The van der Waals surface area contributed by atoms with Gasteiger partial charge in [-0.05, 0) is 43.7 Å². The Labute approximate surface area is 142 Å². The van der Waals surface area contributed by atoms with Crippen LogP contribution in [0.5, 0.6) is 0 Å². The summed E-state index contributed by atoms with van der Waals surface area (Å²) in [7, 11) is 1.96. The first-order valence-corrected chi connectivity index (χ1v) is 8.51. The second kappa shape index (κ2) is 8.00. The predicted octanol–water partition coefficient (Wildman–Crippen LogP) is 4.12. The molecule has 2 rings (SSSR count). The monoisotopic (exact) mass is 339 g/mol. The first kappa shape index (κ1) is 17.3. The van der Waals surface area contributed by atoms with Crippen molar-refractivity contribution in [2.75, 3.05) is 13.6 Å². The van der Waals surface area contributed by atoms with Gasteiger partial charge in [0.15, 0.2) is 0 Å². The van der Waals surface area contributed by atoms with E-state index in [4.69, 9.17) is 28.3 Å². The van der Waals surface area contributed by atoms with Crippen LogP contribution in [-0.4, -0.2) is 23.4 Å². The molecule has 22 heavy (non-hydrogen) atoms. The van der Waals surface area contributed by atoms with Crippen LogP contribution in [-0.2, 0) is 25.8 Å². The van der Waals surface area contributed by atoms with Crippen LogP contribution in [0.2, 0.25) is 10.0 Å². The van der Waals surface area contributed by atoms with E-state index < -0.39 is 0 Å². The minimum atomic E-state index is 0.682. The number of rotatable bonds is 7. The van der Waals surface area contributed by atoms with Crippen LogP contribution in [0.1, 0.15) is 36.4 Å². The van der Waals surface area contributed by atoms with Crippen molar-refractivity contribution >= 4 is 23.2 Å². The van der Waals surface area contributed by atoms with Gasteiger partial charge in [-0.25, -0.2) is 0 Å². The fraction of sp³-hybridized carbons (Fsp3) is 0.471. The van der Waals surface area contributed by atoms with Crippen molar-refractivity contribution in [3.8, 4) is 0 Å². The fourth-order valence-corrected chi connectivity index (χ4v) is 3.36. The number of hydrogen-bond acceptors (Lipinski definition) is 2. The van der Waals surface area contributed by atoms with E-state index in [-0.39, 0.29) is 0 Å². The lowest BCUT2D eigenvalue weighted by atomic mass is 10.0. The highest BCUT2D eigenvalue weighted by Gasteiger charge is 2.16. The van der Waals surface area contributed by atoms with Gasteiger partial charge in [-0.2, -0.15) is 5.10 Å². The second-order valence-corrected chi connectivity index (χ2v) is 6.23. The van der Waals surface area contributed by atoms with Crippen LogP contribution in [0.15, 0.2) is 18.2 Å². The molecule has 0 saturated heterocycles. The second-order valence-electron chi connectivity index (χ2n) is 5.36. The number of nitrogens with one attached hydrogen (secondary N) is 1. The number of benzene rings is 1. The predicted molar refractivity (Wildman–Crippen MR) is 94.2 cm³/mol. The van der Waals surface area contributed by atoms with Gasteiger partial charge in [0.1, 0.15) is 0 Å². The Balaban J connectivity index is 2.37. The molecule has 1 aromatic heterocycles. The Morgan fingerprint density at radius 1 is 1.09 bits per heavy atom. The SMILES string of the molecule is CCc1nn(CCNC)c(CC)c1Cc1cc(Cl)cc(Cl)c1. The molecule has 5 heteroatoms. The molecular formula is C17H23Cl2N3. The van der Waals surface area contributed by atoms with E-state index in [1.54, 1.807) is 6.07 Å². The van der Waals surface area contributed by atoms with Gasteiger partial charge in [-0.15, -0.1) is 0 Å². The Hall–Kier alpha value is -1.03. The Morgan fingerprint density at radius 2 is 1.77 bits per heavy atom. The molecule has 1 aromatic carbocycles. The van der Waals surface area contributed by atoms with Crippen molar-refractivity contribution in [2.24, 2.45) is 0 Å². The zero-order valence-corrected chi connectivity index (χ0v) is 14.9. The Bertz CT molecular complexity index is 615. The molecule has 1 heterocycles. The van der Waals surface area contributed by atoms with Crippen molar-refractivity contribution in [3.63, 3.8) is 0 Å². The highest BCUT2D eigenvalue weighted by molar-refractivity contribution is 6.34. The maximum Gasteiger partial charge on any atom is 0.0660 e. The third-order valence-electron chi connectivity index (χ3n) is 3.80. The molecule has 0 fully saturated rings. The minimum absolute atomic E-state index is 0.682. The van der Waals surface area contributed by atoms with Crippen molar-refractivity contribution in [1.82, 2.24) is 15.1 Å². The summed E-state index contributed by atoms with van der Waals surface area (Å²) in [5, 5.41) is 9.34. The normalized spacial score (nSPS) is 11.1. The lowest BCUT2D eigenvalue weighted by Crippen LogP contribution is -2.17. The van der Waals surface area contributed by atoms with E-state index in [1.165, 1.54) is 17.0 Å². The summed E-state index contributed by atoms with van der Waals surface area (Å²) in [4.78, 5) is 0. The van der Waals surface area contributed by atoms with E-state index in [9.17, 15) is 0 Å². The van der Waals surface area contributed by atoms with E-state index in [0.29, 0.717) is 10.0 Å². The average molecular weight is 340 g/mol. The van der Waals surface area contributed by atoms with E-state index in [2.05, 4.69) is 23.8 Å². The summed E-state index contributed by atoms with van der Waals surface area (Å²) >= 11 is 12.2. The molecule has 0 unspecified atom stereocenters. The van der Waals surface area contributed by atoms with Crippen LogP contribution in [0.4, 0.5) is 0 Å². The number of hydrogen-bond donors (Lipinski definition) is 1. The zero-order valence-electron chi connectivity index (χ0n) is 13.4. The van der Waals surface area contributed by atoms with Gasteiger partial charge in [0, 0.05) is 34.3 Å². The number of likely N-dealkylation sites (N-methyl/N-ethyl adjacent to an activating group) is 1. The largest absolute Gasteiger partial charge is 0.318 e. The zero-order chi connectivity index (χ0) is 16.1. The minimum Gasteiger partial charge on any atom is -0.318 e. The fourth-order valence-electron chi connectivity index (χ4n) is 2.79. The number of aryl methyl sites for hydroxylation is 1. The molecule has 2 aromatic rings. The maximum atomic E-state index is 6.12. The molecule has 0 saturated carbocycles. The van der Waals surface area contributed by atoms with Gasteiger partial charge in [0.2, 0.25) is 0 Å². The van der Waals surface area contributed by atoms with Crippen LogP contribution < -0.4 is 5.32 Å². The Morgan fingerprint density at radius 3 is 2.32 bits per heavy atom. The molecule has 0 atom stereocenters. The number of halogens is 2. The first-order chi connectivity index (χ1) is 10.6. The van der Waals surface area contributed by atoms with E-state index >= 15 is 0 Å². The summed E-state index contributed by atoms with van der Waals surface area (Å²) < 4.78 is 2.14. The molecule has 120 valence electrons. The van der Waals surface area contributed by atoms with Gasteiger partial charge in [0.05, 0.1) is 12.2 Å². The molecule has 1 N–H and O–H groups in total. The lowest BCUT2D eigenvalue weighted by molar-refractivity contribution is 0.558. The summed E-state index contributed by atoms with van der Waals surface area (Å²) in [5.74, 6) is 0. The maximum absolute atomic E-state index is 6.12. The summed E-state index contributed by atoms with van der Waals surface area (Å²) in [6.07, 6.45) is 2.73. The molecule has 0 aliphatic carbocycles. The molecule has 0 radical (unpaired) electrons. The van der Waals surface area contributed by atoms with Gasteiger partial charge in [-0.1, -0.05) is 37.0 Å². The van der Waals surface area contributed by atoms with Crippen molar-refractivity contribution in [2.45, 2.75) is 39.7 Å². The van der Waals surface area contributed by atoms with E-state index in [0.717, 1.165) is 37.9 Å². The van der Waals surface area contributed by atoms with Gasteiger partial charge in [0.25, 0.3) is 0 Å². The molecule has 0 bridgehead atoms. The van der Waals surface area contributed by atoms with Gasteiger partial charge < -0.3 is 5.32 Å². The number of aromatic nitrogens is 2. The smallest absolute Gasteiger partial charge is 0.0660 e.